The number of nitrogens with one attached hydrogen (secondary N) is 1. The summed E-state index contributed by atoms with van der Waals surface area (Å²) in [6, 6.07) is 10.2. The Balaban J connectivity index is 2.19. The van der Waals surface area contributed by atoms with Gasteiger partial charge in [0.15, 0.2) is 6.61 Å². The van der Waals surface area contributed by atoms with Crippen LogP contribution in [0.2, 0.25) is 10.0 Å². The monoisotopic (exact) mass is 528 g/mol. The van der Waals surface area contributed by atoms with Crippen LogP contribution in [0.15, 0.2) is 40.9 Å². The molecule has 0 bridgehead atoms. The van der Waals surface area contributed by atoms with Gasteiger partial charge < -0.3 is 15.0 Å². The van der Waals surface area contributed by atoms with Crippen LogP contribution in [0.25, 0.3) is 0 Å². The minimum Gasteiger partial charge on any atom is -0.483 e. The van der Waals surface area contributed by atoms with Crippen LogP contribution in [0.3, 0.4) is 0 Å². The molecule has 8 heteroatoms. The van der Waals surface area contributed by atoms with Crippen LogP contribution in [-0.2, 0) is 21.5 Å². The fraction of sp³-hybridized carbons (Fsp3) is 0.391. The third-order valence-electron chi connectivity index (χ3n) is 4.90. The summed E-state index contributed by atoms with van der Waals surface area (Å²) < 4.78 is 6.54. The van der Waals surface area contributed by atoms with Crippen molar-refractivity contribution in [3.05, 3.63) is 62.0 Å². The zero-order valence-corrected chi connectivity index (χ0v) is 21.4. The third-order valence-corrected chi connectivity index (χ3v) is 6.26. The molecule has 2 amide bonds. The lowest BCUT2D eigenvalue weighted by Gasteiger charge is -2.28. The van der Waals surface area contributed by atoms with Crippen LogP contribution in [0, 0.1) is 0 Å². The fourth-order valence-corrected chi connectivity index (χ4v) is 3.75. The van der Waals surface area contributed by atoms with Crippen molar-refractivity contribution in [3.63, 3.8) is 0 Å². The molecule has 2 aromatic rings. The van der Waals surface area contributed by atoms with Crippen molar-refractivity contribution in [1.82, 2.24) is 10.2 Å². The van der Waals surface area contributed by atoms with Gasteiger partial charge in [-0.05, 0) is 63.7 Å². The number of benzene rings is 2. The van der Waals surface area contributed by atoms with Crippen molar-refractivity contribution in [2.24, 2.45) is 0 Å². The predicted octanol–water partition coefficient (Wildman–Crippen LogP) is 5.60. The van der Waals surface area contributed by atoms with Crippen LogP contribution in [0.1, 0.15) is 38.8 Å². The lowest BCUT2D eigenvalue weighted by molar-refractivity contribution is -0.142. The first-order chi connectivity index (χ1) is 14.4. The quantitative estimate of drug-likeness (QED) is 0.508. The van der Waals surface area contributed by atoms with Crippen LogP contribution < -0.4 is 10.1 Å². The minimum absolute atomic E-state index is 0.00350. The average molecular weight is 530 g/mol. The van der Waals surface area contributed by atoms with Gasteiger partial charge in [0.2, 0.25) is 5.91 Å². The SMILES string of the molecule is CNC(=O)[C@@H](C)N(Cc1ccc(Cl)c(Cl)c1)C(=O)COc1ccc(C(C)(C)C)cc1Br. The molecule has 2 aromatic carbocycles. The van der Waals surface area contributed by atoms with E-state index in [4.69, 9.17) is 27.9 Å². The van der Waals surface area contributed by atoms with Gasteiger partial charge >= 0.3 is 0 Å². The van der Waals surface area contributed by atoms with Gasteiger partial charge in [0.05, 0.1) is 14.5 Å². The summed E-state index contributed by atoms with van der Waals surface area (Å²) in [4.78, 5) is 26.7. The number of carbonyl (C=O) groups excluding carboxylic acids is 2. The van der Waals surface area contributed by atoms with Gasteiger partial charge in [0.25, 0.3) is 5.91 Å². The van der Waals surface area contributed by atoms with E-state index in [0.29, 0.717) is 15.8 Å². The van der Waals surface area contributed by atoms with Gasteiger partial charge in [-0.2, -0.15) is 0 Å². The van der Waals surface area contributed by atoms with Gasteiger partial charge in [-0.1, -0.05) is 56.1 Å². The summed E-state index contributed by atoms with van der Waals surface area (Å²) in [6.45, 7) is 8.02. The zero-order valence-electron chi connectivity index (χ0n) is 18.3. The molecule has 0 aromatic heterocycles. The summed E-state index contributed by atoms with van der Waals surface area (Å²) in [5.41, 5.74) is 1.90. The van der Waals surface area contributed by atoms with Crippen molar-refractivity contribution in [1.29, 1.82) is 0 Å². The van der Waals surface area contributed by atoms with E-state index in [-0.39, 0.29) is 30.4 Å². The lowest BCUT2D eigenvalue weighted by atomic mass is 9.87. The van der Waals surface area contributed by atoms with E-state index in [0.717, 1.165) is 15.6 Å². The maximum absolute atomic E-state index is 13.0. The second kappa shape index (κ2) is 10.7. The number of carbonyl (C=O) groups is 2. The first-order valence-corrected chi connectivity index (χ1v) is 11.4. The number of hydrogen-bond donors (Lipinski definition) is 1. The van der Waals surface area contributed by atoms with Gasteiger partial charge in [0.1, 0.15) is 11.8 Å². The molecule has 0 aliphatic carbocycles. The summed E-state index contributed by atoms with van der Waals surface area (Å²) >= 11 is 15.6. The molecule has 0 spiro atoms. The molecule has 2 rings (SSSR count). The van der Waals surface area contributed by atoms with E-state index in [1.54, 1.807) is 25.1 Å². The molecule has 1 N–H and O–H groups in total. The van der Waals surface area contributed by atoms with Crippen LogP contribution in [-0.4, -0.2) is 36.4 Å². The first kappa shape index (κ1) is 25.5. The molecule has 0 aliphatic heterocycles. The zero-order chi connectivity index (χ0) is 23.3. The van der Waals surface area contributed by atoms with E-state index in [1.807, 2.05) is 18.2 Å². The number of ether oxygens (including phenoxy) is 1. The Morgan fingerprint density at radius 3 is 2.35 bits per heavy atom. The fourth-order valence-electron chi connectivity index (χ4n) is 2.93. The Morgan fingerprint density at radius 2 is 1.81 bits per heavy atom. The van der Waals surface area contributed by atoms with Crippen molar-refractivity contribution in [3.8, 4) is 5.75 Å². The number of rotatable bonds is 7. The topological polar surface area (TPSA) is 58.6 Å². The molecular formula is C23H27BrCl2N2O3. The summed E-state index contributed by atoms with van der Waals surface area (Å²) in [5, 5.41) is 3.39. The van der Waals surface area contributed by atoms with E-state index in [9.17, 15) is 9.59 Å². The summed E-state index contributed by atoms with van der Waals surface area (Å²) in [6.07, 6.45) is 0. The van der Waals surface area contributed by atoms with Crippen molar-refractivity contribution in [2.75, 3.05) is 13.7 Å². The smallest absolute Gasteiger partial charge is 0.261 e. The molecule has 0 saturated heterocycles. The maximum atomic E-state index is 13.0. The van der Waals surface area contributed by atoms with E-state index in [2.05, 4.69) is 42.0 Å². The molecule has 0 aliphatic rings. The van der Waals surface area contributed by atoms with Crippen molar-refractivity contribution in [2.45, 2.75) is 45.7 Å². The number of hydrogen-bond acceptors (Lipinski definition) is 3. The van der Waals surface area contributed by atoms with Gasteiger partial charge in [-0.15, -0.1) is 0 Å². The van der Waals surface area contributed by atoms with Gasteiger partial charge in [-0.25, -0.2) is 0 Å². The lowest BCUT2D eigenvalue weighted by Crippen LogP contribution is -2.48. The largest absolute Gasteiger partial charge is 0.483 e. The maximum Gasteiger partial charge on any atom is 0.261 e. The third kappa shape index (κ3) is 6.86. The highest BCUT2D eigenvalue weighted by Crippen LogP contribution is 2.31. The Morgan fingerprint density at radius 1 is 1.13 bits per heavy atom. The molecule has 0 unspecified atom stereocenters. The standard InChI is InChI=1S/C23H27BrCl2N2O3/c1-14(22(30)27-5)28(12-15-6-8-18(25)19(26)10-15)21(29)13-31-20-9-7-16(11-17(20)24)23(2,3)4/h6-11,14H,12-13H2,1-5H3,(H,27,30)/t14-/m1/s1. The van der Waals surface area contributed by atoms with E-state index in [1.165, 1.54) is 11.9 Å². The van der Waals surface area contributed by atoms with Crippen LogP contribution in [0.5, 0.6) is 5.75 Å². The Labute approximate surface area is 202 Å². The molecule has 0 radical (unpaired) electrons. The minimum atomic E-state index is -0.692. The molecule has 1 atom stereocenters. The number of likely N-dealkylation sites (N-methyl/N-ethyl adjacent to an activating group) is 1. The summed E-state index contributed by atoms with van der Waals surface area (Å²) in [5.74, 6) is -0.0403. The number of halogens is 3. The molecule has 0 fully saturated rings. The molecule has 0 saturated carbocycles. The highest BCUT2D eigenvalue weighted by atomic mass is 79.9. The molecule has 31 heavy (non-hydrogen) atoms. The van der Waals surface area contributed by atoms with Crippen molar-refractivity contribution < 1.29 is 14.3 Å². The average Bonchev–Trinajstić information content (AvgIpc) is 2.71. The Hall–Kier alpha value is -1.76. The number of nitrogens with zero attached hydrogens (tertiary/aromatic N) is 1. The first-order valence-electron chi connectivity index (χ1n) is 9.82. The van der Waals surface area contributed by atoms with Crippen molar-refractivity contribution >= 4 is 50.9 Å². The predicted molar refractivity (Wildman–Crippen MR) is 129 cm³/mol. The summed E-state index contributed by atoms with van der Waals surface area (Å²) in [7, 11) is 1.53. The van der Waals surface area contributed by atoms with Gasteiger partial charge in [-0.3, -0.25) is 9.59 Å². The second-order valence-corrected chi connectivity index (χ2v) is 9.91. The highest BCUT2D eigenvalue weighted by Gasteiger charge is 2.26. The highest BCUT2D eigenvalue weighted by molar-refractivity contribution is 9.10. The van der Waals surface area contributed by atoms with Crippen LogP contribution in [0.4, 0.5) is 0 Å². The number of amides is 2. The molecule has 0 heterocycles. The van der Waals surface area contributed by atoms with E-state index >= 15 is 0 Å². The van der Waals surface area contributed by atoms with Gasteiger partial charge in [0, 0.05) is 13.6 Å². The second-order valence-electron chi connectivity index (χ2n) is 8.24. The molecular weight excluding hydrogens is 503 g/mol. The van der Waals surface area contributed by atoms with E-state index < -0.39 is 6.04 Å². The normalized spacial score (nSPS) is 12.3. The van der Waals surface area contributed by atoms with Crippen LogP contribution >= 0.6 is 39.1 Å². The Bertz CT molecular complexity index is 960. The Kier molecular flexibility index (Phi) is 8.81. The molecule has 5 nitrogen and oxygen atoms in total. The molecule has 168 valence electrons.